The molecule has 0 unspecified atom stereocenters. The van der Waals surface area contributed by atoms with Crippen molar-refractivity contribution >= 4 is 39.1 Å². The Morgan fingerprint density at radius 1 is 0.867 bits per heavy atom. The van der Waals surface area contributed by atoms with Crippen molar-refractivity contribution in [3.8, 4) is 5.75 Å². The van der Waals surface area contributed by atoms with Gasteiger partial charge in [0.05, 0.1) is 17.7 Å². The van der Waals surface area contributed by atoms with Crippen molar-refractivity contribution in [3.63, 3.8) is 0 Å². The van der Waals surface area contributed by atoms with Crippen LogP contribution in [0.3, 0.4) is 0 Å². The summed E-state index contributed by atoms with van der Waals surface area (Å²) < 4.78 is 34.5. The Kier molecular flexibility index (Phi) is 12.0. The van der Waals surface area contributed by atoms with Crippen LogP contribution in [0.25, 0.3) is 0 Å². The zero-order valence-electron chi connectivity index (χ0n) is 25.4. The zero-order valence-corrected chi connectivity index (χ0v) is 27.0. The van der Waals surface area contributed by atoms with Crippen LogP contribution in [-0.4, -0.2) is 51.4 Å². The number of sulfonamides is 1. The fraction of sp³-hybridized carbons (Fsp3) is 0.257. The van der Waals surface area contributed by atoms with E-state index in [1.165, 1.54) is 29.2 Å². The lowest BCUT2D eigenvalue weighted by Gasteiger charge is -2.34. The molecule has 8 nitrogen and oxygen atoms in total. The largest absolute Gasteiger partial charge is 0.497 e. The van der Waals surface area contributed by atoms with Crippen molar-refractivity contribution in [2.24, 2.45) is 0 Å². The molecule has 10 heteroatoms. The SMILES string of the molecule is CCCCNC(=O)[C@H](Cc1ccccc1)N(Cc1cccc(OC)c1)C(=O)CN(c1ccccc1)S(=O)(=O)c1ccc(Cl)cc1. The van der Waals surface area contributed by atoms with Gasteiger partial charge in [0.1, 0.15) is 18.3 Å². The Balaban J connectivity index is 1.78. The number of ether oxygens (including phenoxy) is 1. The van der Waals surface area contributed by atoms with Gasteiger partial charge in [-0.15, -0.1) is 0 Å². The number of carbonyl (C=O) groups is 2. The van der Waals surface area contributed by atoms with E-state index in [9.17, 15) is 18.0 Å². The first-order chi connectivity index (χ1) is 21.7. The lowest BCUT2D eigenvalue weighted by Crippen LogP contribution is -2.53. The second-order valence-corrected chi connectivity index (χ2v) is 12.8. The molecule has 2 amide bonds. The van der Waals surface area contributed by atoms with E-state index in [0.717, 1.165) is 28.3 Å². The highest BCUT2D eigenvalue weighted by atomic mass is 35.5. The van der Waals surface area contributed by atoms with Gasteiger partial charge in [0.2, 0.25) is 11.8 Å². The van der Waals surface area contributed by atoms with Crippen molar-refractivity contribution in [1.29, 1.82) is 0 Å². The number of halogens is 1. The van der Waals surface area contributed by atoms with Crippen molar-refractivity contribution in [2.75, 3.05) is 24.5 Å². The molecule has 45 heavy (non-hydrogen) atoms. The van der Waals surface area contributed by atoms with E-state index in [0.29, 0.717) is 23.0 Å². The molecular formula is C35H38ClN3O5S. The first-order valence-corrected chi connectivity index (χ1v) is 16.6. The Bertz CT molecular complexity index is 1650. The second kappa shape index (κ2) is 16.1. The second-order valence-electron chi connectivity index (χ2n) is 10.5. The first-order valence-electron chi connectivity index (χ1n) is 14.8. The van der Waals surface area contributed by atoms with Gasteiger partial charge in [0.25, 0.3) is 10.0 Å². The van der Waals surface area contributed by atoms with Crippen LogP contribution in [0.4, 0.5) is 5.69 Å². The normalized spacial score (nSPS) is 11.8. The van der Waals surface area contributed by atoms with Gasteiger partial charge in [0, 0.05) is 24.5 Å². The number of amides is 2. The minimum atomic E-state index is -4.20. The highest BCUT2D eigenvalue weighted by Crippen LogP contribution is 2.26. The molecule has 0 heterocycles. The van der Waals surface area contributed by atoms with Crippen LogP contribution in [0.1, 0.15) is 30.9 Å². The summed E-state index contributed by atoms with van der Waals surface area (Å²) in [4.78, 5) is 29.7. The topological polar surface area (TPSA) is 96.0 Å². The predicted molar refractivity (Wildman–Crippen MR) is 178 cm³/mol. The fourth-order valence-electron chi connectivity index (χ4n) is 4.88. The van der Waals surface area contributed by atoms with Crippen molar-refractivity contribution in [2.45, 2.75) is 43.7 Å². The molecule has 1 N–H and O–H groups in total. The van der Waals surface area contributed by atoms with E-state index in [2.05, 4.69) is 5.32 Å². The maximum atomic E-state index is 14.5. The van der Waals surface area contributed by atoms with Crippen LogP contribution in [0.2, 0.25) is 5.02 Å². The highest BCUT2D eigenvalue weighted by Gasteiger charge is 2.34. The molecule has 4 aromatic carbocycles. The van der Waals surface area contributed by atoms with Crippen LogP contribution in [0, 0.1) is 0 Å². The molecule has 4 aromatic rings. The summed E-state index contributed by atoms with van der Waals surface area (Å²) in [5.74, 6) is -0.246. The van der Waals surface area contributed by atoms with Gasteiger partial charge in [-0.25, -0.2) is 8.42 Å². The van der Waals surface area contributed by atoms with Crippen molar-refractivity contribution in [1.82, 2.24) is 10.2 Å². The molecule has 1 atom stereocenters. The number of carbonyl (C=O) groups excluding carboxylic acids is 2. The van der Waals surface area contributed by atoms with E-state index in [-0.39, 0.29) is 23.8 Å². The number of para-hydroxylation sites is 1. The summed E-state index contributed by atoms with van der Waals surface area (Å²) >= 11 is 6.04. The lowest BCUT2D eigenvalue weighted by molar-refractivity contribution is -0.140. The van der Waals surface area contributed by atoms with E-state index >= 15 is 0 Å². The van der Waals surface area contributed by atoms with Crippen molar-refractivity contribution < 1.29 is 22.7 Å². The quantitative estimate of drug-likeness (QED) is 0.157. The van der Waals surface area contributed by atoms with Gasteiger partial charge < -0.3 is 15.0 Å². The molecule has 0 bridgehead atoms. The zero-order chi connectivity index (χ0) is 32.2. The summed E-state index contributed by atoms with van der Waals surface area (Å²) in [6.07, 6.45) is 1.92. The lowest BCUT2D eigenvalue weighted by atomic mass is 10.0. The average molecular weight is 648 g/mol. The van der Waals surface area contributed by atoms with E-state index in [4.69, 9.17) is 16.3 Å². The third kappa shape index (κ3) is 9.09. The van der Waals surface area contributed by atoms with Crippen LogP contribution in [0.5, 0.6) is 5.75 Å². The molecular weight excluding hydrogens is 610 g/mol. The monoisotopic (exact) mass is 647 g/mol. The number of rotatable bonds is 15. The van der Waals surface area contributed by atoms with Gasteiger partial charge in [-0.1, -0.05) is 85.6 Å². The molecule has 0 aliphatic heterocycles. The molecule has 0 saturated carbocycles. The number of anilines is 1. The maximum absolute atomic E-state index is 14.5. The minimum Gasteiger partial charge on any atom is -0.497 e. The molecule has 0 aromatic heterocycles. The molecule has 0 saturated heterocycles. The number of methoxy groups -OCH3 is 1. The minimum absolute atomic E-state index is 0.0129. The smallest absolute Gasteiger partial charge is 0.264 e. The van der Waals surface area contributed by atoms with Crippen LogP contribution in [0.15, 0.2) is 114 Å². The molecule has 4 rings (SSSR count). The standard InChI is InChI=1S/C35H38ClN3O5S/c1-3-4-22-37-35(41)33(24-27-12-7-5-8-13-27)38(25-28-14-11-17-31(23-28)44-2)34(40)26-39(30-15-9-6-10-16-30)45(42,43)32-20-18-29(36)19-21-32/h5-21,23,33H,3-4,22,24-26H2,1-2H3,(H,37,41)/t33-/m0/s1. The number of nitrogens with one attached hydrogen (secondary N) is 1. The molecule has 0 fully saturated rings. The van der Waals surface area contributed by atoms with Crippen LogP contribution < -0.4 is 14.4 Å². The third-order valence-electron chi connectivity index (χ3n) is 7.31. The van der Waals surface area contributed by atoms with E-state index in [1.807, 2.05) is 49.4 Å². The predicted octanol–water partition coefficient (Wildman–Crippen LogP) is 6.10. The number of hydrogen-bond donors (Lipinski definition) is 1. The van der Waals surface area contributed by atoms with Crippen molar-refractivity contribution in [3.05, 3.63) is 125 Å². The summed E-state index contributed by atoms with van der Waals surface area (Å²) in [7, 11) is -2.64. The fourth-order valence-corrected chi connectivity index (χ4v) is 6.42. The van der Waals surface area contributed by atoms with Gasteiger partial charge >= 0.3 is 0 Å². The molecule has 0 aliphatic carbocycles. The number of nitrogens with zero attached hydrogens (tertiary/aromatic N) is 2. The maximum Gasteiger partial charge on any atom is 0.264 e. The van der Waals surface area contributed by atoms with E-state index < -0.39 is 28.5 Å². The Morgan fingerprint density at radius 3 is 2.16 bits per heavy atom. The van der Waals surface area contributed by atoms with Gasteiger partial charge in [-0.05, 0) is 66.1 Å². The molecule has 0 radical (unpaired) electrons. The Labute approximate surface area is 270 Å². The van der Waals surface area contributed by atoms with Gasteiger partial charge in [-0.3, -0.25) is 13.9 Å². The first kappa shape index (κ1) is 33.6. The molecule has 236 valence electrons. The van der Waals surface area contributed by atoms with Crippen LogP contribution >= 0.6 is 11.6 Å². The van der Waals surface area contributed by atoms with Gasteiger partial charge in [0.15, 0.2) is 0 Å². The van der Waals surface area contributed by atoms with Crippen LogP contribution in [-0.2, 0) is 32.6 Å². The van der Waals surface area contributed by atoms with E-state index in [1.54, 1.807) is 49.6 Å². The third-order valence-corrected chi connectivity index (χ3v) is 9.35. The van der Waals surface area contributed by atoms with Gasteiger partial charge in [-0.2, -0.15) is 0 Å². The summed E-state index contributed by atoms with van der Waals surface area (Å²) in [6.45, 7) is 2.01. The number of hydrogen-bond acceptors (Lipinski definition) is 5. The average Bonchev–Trinajstić information content (AvgIpc) is 3.06. The summed E-state index contributed by atoms with van der Waals surface area (Å²) in [5, 5.41) is 3.38. The number of unbranched alkanes of at least 4 members (excludes halogenated alkanes) is 1. The Hall–Kier alpha value is -4.34. The molecule has 0 spiro atoms. The Morgan fingerprint density at radius 2 is 1.51 bits per heavy atom. The highest BCUT2D eigenvalue weighted by molar-refractivity contribution is 7.92. The molecule has 0 aliphatic rings. The number of benzene rings is 4. The summed E-state index contributed by atoms with van der Waals surface area (Å²) in [6, 6.07) is 30.0. The summed E-state index contributed by atoms with van der Waals surface area (Å²) in [5.41, 5.74) is 1.91.